The van der Waals surface area contributed by atoms with Gasteiger partial charge in [0.2, 0.25) is 10.0 Å². The summed E-state index contributed by atoms with van der Waals surface area (Å²) in [6, 6.07) is 0. The molecule has 0 aromatic rings. The molecule has 0 spiro atoms. The van der Waals surface area contributed by atoms with E-state index in [0.717, 1.165) is 0 Å². The van der Waals surface area contributed by atoms with Crippen molar-refractivity contribution in [3.05, 3.63) is 0 Å². The molecule has 0 aliphatic heterocycles. The van der Waals surface area contributed by atoms with Crippen LogP contribution in [0.1, 0.15) is 26.7 Å². The number of hydrogen-bond acceptors (Lipinski definition) is 2. The third-order valence-electron chi connectivity index (χ3n) is 1.22. The van der Waals surface area contributed by atoms with Crippen LogP contribution in [0.3, 0.4) is 0 Å². The summed E-state index contributed by atoms with van der Waals surface area (Å²) in [6.07, 6.45) is 1.23. The Morgan fingerprint density at radius 2 is 2.08 bits per heavy atom. The zero-order valence-electron chi connectivity index (χ0n) is 7.55. The van der Waals surface area contributed by atoms with Crippen molar-refractivity contribution in [3.63, 3.8) is 0 Å². The van der Waals surface area contributed by atoms with E-state index in [1.807, 2.05) is 6.92 Å². The van der Waals surface area contributed by atoms with Gasteiger partial charge in [0.1, 0.15) is 0 Å². The zero-order chi connectivity index (χ0) is 9.45. The highest BCUT2D eigenvalue weighted by Gasteiger charge is 2.05. The van der Waals surface area contributed by atoms with Gasteiger partial charge in [0.15, 0.2) is 0 Å². The molecule has 0 unspecified atom stereocenters. The molecule has 1 N–H and O–H groups in total. The fourth-order valence-corrected chi connectivity index (χ4v) is 1.83. The van der Waals surface area contributed by atoms with E-state index in [1.54, 1.807) is 6.92 Å². The van der Waals surface area contributed by atoms with Gasteiger partial charge in [-0.1, -0.05) is 6.92 Å². The fraction of sp³-hybridized carbons (Fsp3) is 0.750. The van der Waals surface area contributed by atoms with Gasteiger partial charge in [-0.2, -0.15) is 0 Å². The molecule has 0 atom stereocenters. The molecule has 3 nitrogen and oxygen atoms in total. The summed E-state index contributed by atoms with van der Waals surface area (Å²) in [5.41, 5.74) is 0. The SMILES string of the molecule is CC#CCCNS(=O)(=O)CCC. The Balaban J connectivity index is 3.67. The van der Waals surface area contributed by atoms with Crippen molar-refractivity contribution in [1.29, 1.82) is 0 Å². The molecule has 0 bridgehead atoms. The maximum Gasteiger partial charge on any atom is 0.211 e. The predicted molar refractivity (Wildman–Crippen MR) is 50.1 cm³/mol. The molecular formula is C8H15NO2S. The second-order valence-electron chi connectivity index (χ2n) is 2.39. The van der Waals surface area contributed by atoms with Crippen molar-refractivity contribution in [1.82, 2.24) is 4.72 Å². The van der Waals surface area contributed by atoms with E-state index in [4.69, 9.17) is 0 Å². The van der Waals surface area contributed by atoms with Gasteiger partial charge in [0.05, 0.1) is 5.75 Å². The van der Waals surface area contributed by atoms with Gasteiger partial charge in [0, 0.05) is 13.0 Å². The topological polar surface area (TPSA) is 46.2 Å². The minimum Gasteiger partial charge on any atom is -0.214 e. The minimum atomic E-state index is -3.03. The molecule has 0 rings (SSSR count). The molecule has 0 heterocycles. The predicted octanol–water partition coefficient (Wildman–Crippen LogP) is 0.729. The van der Waals surface area contributed by atoms with E-state index in [-0.39, 0.29) is 5.75 Å². The summed E-state index contributed by atoms with van der Waals surface area (Å²) in [5, 5.41) is 0. The highest BCUT2D eigenvalue weighted by Crippen LogP contribution is 1.87. The Hall–Kier alpha value is -0.530. The highest BCUT2D eigenvalue weighted by atomic mass is 32.2. The van der Waals surface area contributed by atoms with Crippen LogP contribution in [-0.2, 0) is 10.0 Å². The van der Waals surface area contributed by atoms with E-state index >= 15 is 0 Å². The van der Waals surface area contributed by atoms with Crippen molar-refractivity contribution in [2.45, 2.75) is 26.7 Å². The zero-order valence-corrected chi connectivity index (χ0v) is 8.37. The van der Waals surface area contributed by atoms with Crippen LogP contribution in [0.15, 0.2) is 0 Å². The first kappa shape index (κ1) is 11.5. The smallest absolute Gasteiger partial charge is 0.211 e. The van der Waals surface area contributed by atoms with Crippen molar-refractivity contribution < 1.29 is 8.42 Å². The van der Waals surface area contributed by atoms with Crippen molar-refractivity contribution >= 4 is 10.0 Å². The lowest BCUT2D eigenvalue weighted by Gasteiger charge is -2.01. The van der Waals surface area contributed by atoms with Crippen LogP contribution in [0.5, 0.6) is 0 Å². The van der Waals surface area contributed by atoms with Crippen LogP contribution < -0.4 is 4.72 Å². The Morgan fingerprint density at radius 1 is 1.42 bits per heavy atom. The lowest BCUT2D eigenvalue weighted by atomic mass is 10.4. The molecule has 0 aromatic carbocycles. The van der Waals surface area contributed by atoms with Crippen molar-refractivity contribution in [2.75, 3.05) is 12.3 Å². The molecule has 70 valence electrons. The van der Waals surface area contributed by atoms with Gasteiger partial charge in [-0.15, -0.1) is 11.8 Å². The molecule has 0 saturated heterocycles. The van der Waals surface area contributed by atoms with Gasteiger partial charge in [0.25, 0.3) is 0 Å². The number of rotatable bonds is 5. The summed E-state index contributed by atoms with van der Waals surface area (Å²) in [5.74, 6) is 5.69. The van der Waals surface area contributed by atoms with Gasteiger partial charge < -0.3 is 0 Å². The van der Waals surface area contributed by atoms with E-state index in [1.165, 1.54) is 0 Å². The first-order valence-electron chi connectivity index (χ1n) is 3.99. The summed E-state index contributed by atoms with van der Waals surface area (Å²) < 4.78 is 24.5. The first-order chi connectivity index (χ1) is 5.62. The van der Waals surface area contributed by atoms with Crippen LogP contribution in [-0.4, -0.2) is 20.7 Å². The fourth-order valence-electron chi connectivity index (χ4n) is 0.735. The van der Waals surface area contributed by atoms with Crippen LogP contribution >= 0.6 is 0 Å². The number of sulfonamides is 1. The molecule has 0 aromatic heterocycles. The average Bonchev–Trinajstić information content (AvgIpc) is 1.98. The normalized spacial score (nSPS) is 10.5. The van der Waals surface area contributed by atoms with Gasteiger partial charge in [-0.25, -0.2) is 13.1 Å². The van der Waals surface area contributed by atoms with E-state index in [9.17, 15) is 8.42 Å². The van der Waals surface area contributed by atoms with Crippen LogP contribution in [0.25, 0.3) is 0 Å². The largest absolute Gasteiger partial charge is 0.214 e. The number of hydrogen-bond donors (Lipinski definition) is 1. The molecule has 12 heavy (non-hydrogen) atoms. The maximum absolute atomic E-state index is 11.0. The highest BCUT2D eigenvalue weighted by molar-refractivity contribution is 7.89. The Morgan fingerprint density at radius 3 is 2.58 bits per heavy atom. The molecule has 0 radical (unpaired) electrons. The summed E-state index contributed by atoms with van der Waals surface area (Å²) in [7, 11) is -3.03. The van der Waals surface area contributed by atoms with Gasteiger partial charge in [-0.3, -0.25) is 0 Å². The van der Waals surface area contributed by atoms with Gasteiger partial charge in [-0.05, 0) is 13.3 Å². The first-order valence-corrected chi connectivity index (χ1v) is 5.64. The van der Waals surface area contributed by atoms with Gasteiger partial charge >= 0.3 is 0 Å². The van der Waals surface area contributed by atoms with Crippen LogP contribution in [0.4, 0.5) is 0 Å². The van der Waals surface area contributed by atoms with Crippen LogP contribution in [0, 0.1) is 11.8 Å². The second-order valence-corrected chi connectivity index (χ2v) is 4.32. The van der Waals surface area contributed by atoms with E-state index in [2.05, 4.69) is 16.6 Å². The Labute approximate surface area is 74.6 Å². The third kappa shape index (κ3) is 6.20. The molecule has 0 amide bonds. The summed E-state index contributed by atoms with van der Waals surface area (Å²) in [4.78, 5) is 0. The lowest BCUT2D eigenvalue weighted by molar-refractivity contribution is 0.581. The lowest BCUT2D eigenvalue weighted by Crippen LogP contribution is -2.26. The molecule has 0 saturated carbocycles. The second kappa shape index (κ2) is 6.04. The molecule has 0 aliphatic rings. The Kier molecular flexibility index (Phi) is 5.77. The molecule has 4 heteroatoms. The Bertz CT molecular complexity index is 259. The van der Waals surface area contributed by atoms with E-state index < -0.39 is 10.0 Å². The monoisotopic (exact) mass is 189 g/mol. The molecular weight excluding hydrogens is 174 g/mol. The van der Waals surface area contributed by atoms with E-state index in [0.29, 0.717) is 19.4 Å². The van der Waals surface area contributed by atoms with Crippen LogP contribution in [0.2, 0.25) is 0 Å². The molecule has 0 fully saturated rings. The summed E-state index contributed by atoms with van der Waals surface area (Å²) in [6.45, 7) is 3.99. The summed E-state index contributed by atoms with van der Waals surface area (Å²) >= 11 is 0. The third-order valence-corrected chi connectivity index (χ3v) is 2.81. The minimum absolute atomic E-state index is 0.201. The number of nitrogens with one attached hydrogen (secondary N) is 1. The maximum atomic E-state index is 11.0. The standard InChI is InChI=1S/C8H15NO2S/c1-3-5-6-7-9-12(10,11)8-4-2/h9H,4,6-8H2,1-2H3. The van der Waals surface area contributed by atoms with Crippen molar-refractivity contribution in [2.24, 2.45) is 0 Å². The quantitative estimate of drug-likeness (QED) is 0.512. The molecule has 0 aliphatic carbocycles. The van der Waals surface area contributed by atoms with Crippen molar-refractivity contribution in [3.8, 4) is 11.8 Å². The average molecular weight is 189 g/mol.